The van der Waals surface area contributed by atoms with Gasteiger partial charge in [-0.15, -0.1) is 0 Å². The first-order valence-corrected chi connectivity index (χ1v) is 11.2. The van der Waals surface area contributed by atoms with Crippen molar-refractivity contribution in [3.05, 3.63) is 88.4 Å². The van der Waals surface area contributed by atoms with Gasteiger partial charge in [-0.3, -0.25) is 9.36 Å². The number of aromatic nitrogens is 1. The maximum Gasteiger partial charge on any atom is 0.419 e. The summed E-state index contributed by atoms with van der Waals surface area (Å²) in [6, 6.07) is 21.1. The molecule has 1 aromatic heterocycles. The average Bonchev–Trinajstić information content (AvgIpc) is 3.11. The van der Waals surface area contributed by atoms with Crippen LogP contribution in [0.3, 0.4) is 0 Å². The van der Waals surface area contributed by atoms with Crippen LogP contribution < -0.4 is 16.8 Å². The lowest BCUT2D eigenvalue weighted by atomic mass is 10.00. The molecule has 0 unspecified atom stereocenters. The Hall–Kier alpha value is -4.35. The van der Waals surface area contributed by atoms with Crippen molar-refractivity contribution in [2.24, 2.45) is 12.8 Å². The number of amides is 1. The molecule has 8 heteroatoms. The summed E-state index contributed by atoms with van der Waals surface area (Å²) in [7, 11) is 1.66. The van der Waals surface area contributed by atoms with Crippen molar-refractivity contribution in [1.29, 1.82) is 5.26 Å². The molecule has 0 spiro atoms. The minimum absolute atomic E-state index is 0.0752. The quantitative estimate of drug-likeness (QED) is 0.362. The summed E-state index contributed by atoms with van der Waals surface area (Å²) in [6.45, 7) is 0. The minimum Gasteiger partial charge on any atom is -0.508 e. The van der Waals surface area contributed by atoms with E-state index in [1.165, 1.54) is 4.57 Å². The molecule has 4 N–H and O–H groups in total. The number of phenolic OH excluding ortho intramolecular Hbond substituents is 1. The fourth-order valence-electron chi connectivity index (χ4n) is 4.05. The Balaban J connectivity index is 1.35. The minimum atomic E-state index is -0.682. The Morgan fingerprint density at radius 1 is 1.09 bits per heavy atom. The van der Waals surface area contributed by atoms with Crippen molar-refractivity contribution >= 4 is 17.0 Å². The third kappa shape index (κ3) is 5.78. The number of nitrogens with zero attached hydrogens (tertiary/aromatic N) is 2. The molecule has 2 atom stereocenters. The van der Waals surface area contributed by atoms with E-state index in [2.05, 4.69) is 11.4 Å². The molecule has 1 heterocycles. The van der Waals surface area contributed by atoms with E-state index in [0.29, 0.717) is 23.9 Å². The molecule has 0 aliphatic rings. The highest BCUT2D eigenvalue weighted by Gasteiger charge is 2.16. The van der Waals surface area contributed by atoms with E-state index in [0.717, 1.165) is 22.3 Å². The molecule has 35 heavy (non-hydrogen) atoms. The number of carbonyl (C=O) groups excluding carboxylic acids is 1. The molecule has 0 aliphatic heterocycles. The summed E-state index contributed by atoms with van der Waals surface area (Å²) in [4.78, 5) is 24.1. The molecule has 0 fully saturated rings. The van der Waals surface area contributed by atoms with Crippen LogP contribution in [0.15, 0.2) is 75.9 Å². The van der Waals surface area contributed by atoms with Crippen LogP contribution in [-0.2, 0) is 24.7 Å². The van der Waals surface area contributed by atoms with Crippen LogP contribution in [0.25, 0.3) is 22.2 Å². The first kappa shape index (κ1) is 23.8. The maximum atomic E-state index is 12.4. The number of rotatable bonds is 8. The van der Waals surface area contributed by atoms with E-state index >= 15 is 0 Å². The fourth-order valence-corrected chi connectivity index (χ4v) is 4.05. The first-order chi connectivity index (χ1) is 16.8. The van der Waals surface area contributed by atoms with Crippen molar-refractivity contribution in [1.82, 2.24) is 9.88 Å². The predicted octanol–water partition coefficient (Wildman–Crippen LogP) is 3.02. The second-order valence-electron chi connectivity index (χ2n) is 8.60. The van der Waals surface area contributed by atoms with E-state index in [-0.39, 0.29) is 18.1 Å². The van der Waals surface area contributed by atoms with Crippen LogP contribution in [-0.4, -0.2) is 27.7 Å². The van der Waals surface area contributed by atoms with Crippen molar-refractivity contribution in [2.45, 2.75) is 31.3 Å². The Morgan fingerprint density at radius 3 is 2.54 bits per heavy atom. The number of carbonyl (C=O) groups is 1. The zero-order valence-electron chi connectivity index (χ0n) is 19.3. The summed E-state index contributed by atoms with van der Waals surface area (Å²) in [5.41, 5.74) is 11.0. The number of nitrogens with one attached hydrogen (secondary N) is 1. The third-order valence-corrected chi connectivity index (χ3v) is 5.87. The normalized spacial score (nSPS) is 12.7. The number of phenols is 1. The van der Waals surface area contributed by atoms with Crippen LogP contribution in [0.2, 0.25) is 0 Å². The molecule has 8 nitrogen and oxygen atoms in total. The van der Waals surface area contributed by atoms with Gasteiger partial charge < -0.3 is 20.6 Å². The number of benzene rings is 3. The number of hydrogen-bond acceptors (Lipinski definition) is 6. The van der Waals surface area contributed by atoms with E-state index in [9.17, 15) is 20.0 Å². The zero-order valence-corrected chi connectivity index (χ0v) is 19.3. The van der Waals surface area contributed by atoms with Gasteiger partial charge in [-0.05, 0) is 52.9 Å². The Morgan fingerprint density at radius 2 is 1.83 bits per heavy atom. The topological polar surface area (TPSA) is 134 Å². The monoisotopic (exact) mass is 470 g/mol. The number of nitriles is 1. The SMILES string of the molecule is Cn1c(=O)oc2ccc(-c3ccc(C[C@@H](C#N)NC(=O)C[C@@H](N)Cc4cccc(O)c4)cc3)cc21. The molecule has 0 saturated carbocycles. The average molecular weight is 471 g/mol. The van der Waals surface area contributed by atoms with Crippen molar-refractivity contribution in [3.63, 3.8) is 0 Å². The van der Waals surface area contributed by atoms with Gasteiger partial charge in [0.2, 0.25) is 5.91 Å². The van der Waals surface area contributed by atoms with Gasteiger partial charge in [-0.1, -0.05) is 42.5 Å². The molecular weight excluding hydrogens is 444 g/mol. The highest BCUT2D eigenvalue weighted by Crippen LogP contribution is 2.24. The summed E-state index contributed by atoms with van der Waals surface area (Å²) < 4.78 is 6.64. The molecule has 0 radical (unpaired) electrons. The van der Waals surface area contributed by atoms with Gasteiger partial charge in [0, 0.05) is 25.9 Å². The van der Waals surface area contributed by atoms with E-state index in [1.807, 2.05) is 42.5 Å². The number of nitrogens with two attached hydrogens (primary N) is 1. The Bertz CT molecular complexity index is 1450. The summed E-state index contributed by atoms with van der Waals surface area (Å²) in [5.74, 6) is -0.542. The van der Waals surface area contributed by atoms with Crippen LogP contribution in [0, 0.1) is 11.3 Å². The number of aromatic hydroxyl groups is 1. The lowest BCUT2D eigenvalue weighted by Gasteiger charge is -2.15. The first-order valence-electron chi connectivity index (χ1n) is 11.2. The van der Waals surface area contributed by atoms with E-state index < -0.39 is 17.8 Å². The van der Waals surface area contributed by atoms with Gasteiger partial charge in [0.1, 0.15) is 11.8 Å². The maximum absolute atomic E-state index is 12.4. The van der Waals surface area contributed by atoms with Crippen LogP contribution >= 0.6 is 0 Å². The number of fused-ring (bicyclic) bond motifs is 1. The van der Waals surface area contributed by atoms with Gasteiger partial charge in [0.15, 0.2) is 5.58 Å². The van der Waals surface area contributed by atoms with Gasteiger partial charge in [-0.2, -0.15) is 5.26 Å². The largest absolute Gasteiger partial charge is 0.508 e. The second kappa shape index (κ2) is 10.3. The van der Waals surface area contributed by atoms with Gasteiger partial charge in [-0.25, -0.2) is 4.79 Å². The molecule has 0 bridgehead atoms. The smallest absolute Gasteiger partial charge is 0.419 e. The zero-order chi connectivity index (χ0) is 24.9. The Kier molecular flexibility index (Phi) is 6.99. The highest BCUT2D eigenvalue weighted by molar-refractivity contribution is 5.80. The van der Waals surface area contributed by atoms with Gasteiger partial charge in [0.25, 0.3) is 0 Å². The lowest BCUT2D eigenvalue weighted by molar-refractivity contribution is -0.121. The molecule has 4 aromatic rings. The predicted molar refractivity (Wildman–Crippen MR) is 133 cm³/mol. The third-order valence-electron chi connectivity index (χ3n) is 5.87. The standard InChI is InChI=1S/C27H26N4O4/c1-31-24-14-20(9-10-25(24)35-27(31)34)19-7-5-17(6-8-19)12-22(16-28)30-26(33)15-21(29)11-18-3-2-4-23(32)13-18/h2-10,13-14,21-22,32H,11-12,15,29H2,1H3,(H,30,33)/t21-,22-/m0/s1. The van der Waals surface area contributed by atoms with Crippen LogP contribution in [0.1, 0.15) is 17.5 Å². The molecular formula is C27H26N4O4. The number of oxazole rings is 1. The summed E-state index contributed by atoms with van der Waals surface area (Å²) >= 11 is 0. The molecule has 0 saturated heterocycles. The number of hydrogen-bond donors (Lipinski definition) is 3. The van der Waals surface area contributed by atoms with Gasteiger partial charge >= 0.3 is 5.76 Å². The van der Waals surface area contributed by atoms with Crippen molar-refractivity contribution in [2.75, 3.05) is 0 Å². The lowest BCUT2D eigenvalue weighted by Crippen LogP contribution is -2.39. The van der Waals surface area contributed by atoms with Gasteiger partial charge in [0.05, 0.1) is 11.6 Å². The molecule has 0 aliphatic carbocycles. The molecule has 3 aromatic carbocycles. The van der Waals surface area contributed by atoms with Crippen LogP contribution in [0.4, 0.5) is 0 Å². The summed E-state index contributed by atoms with van der Waals surface area (Å²) in [5, 5.41) is 21.8. The molecule has 178 valence electrons. The second-order valence-corrected chi connectivity index (χ2v) is 8.60. The fraction of sp³-hybridized carbons (Fsp3) is 0.222. The molecule has 1 amide bonds. The van der Waals surface area contributed by atoms with E-state index in [4.69, 9.17) is 10.2 Å². The Labute approximate surface area is 202 Å². The van der Waals surface area contributed by atoms with Crippen molar-refractivity contribution in [3.8, 4) is 22.9 Å². The molecule has 4 rings (SSSR count). The number of aryl methyl sites for hydroxylation is 1. The van der Waals surface area contributed by atoms with Crippen molar-refractivity contribution < 1.29 is 14.3 Å². The highest BCUT2D eigenvalue weighted by atomic mass is 16.4. The van der Waals surface area contributed by atoms with Crippen LogP contribution in [0.5, 0.6) is 5.75 Å². The summed E-state index contributed by atoms with van der Waals surface area (Å²) in [6.07, 6.45) is 0.880. The van der Waals surface area contributed by atoms with E-state index in [1.54, 1.807) is 31.3 Å².